The molecular weight excluding hydrogens is 387 g/mol. The van der Waals surface area contributed by atoms with Crippen molar-refractivity contribution in [1.82, 2.24) is 0 Å². The van der Waals surface area contributed by atoms with Crippen molar-refractivity contribution < 1.29 is 17.6 Å². The van der Waals surface area contributed by atoms with Crippen LogP contribution in [0.1, 0.15) is 5.56 Å². The van der Waals surface area contributed by atoms with Crippen molar-refractivity contribution in [3.05, 3.63) is 51.3 Å². The summed E-state index contributed by atoms with van der Waals surface area (Å²) in [5, 5.41) is 2.78. The molecule has 0 aliphatic carbocycles. The summed E-state index contributed by atoms with van der Waals surface area (Å²) in [6.07, 6.45) is -4.38. The molecule has 7 heteroatoms. The summed E-state index contributed by atoms with van der Waals surface area (Å²) in [4.78, 5) is 0. The summed E-state index contributed by atoms with van der Waals surface area (Å²) in [5.74, 6) is -0.450. The molecule has 2 aromatic carbocycles. The average Bonchev–Trinajstić information content (AvgIpc) is 2.35. The highest BCUT2D eigenvalue weighted by Gasteiger charge is 2.29. The summed E-state index contributed by atoms with van der Waals surface area (Å²) in [7, 11) is 0. The van der Waals surface area contributed by atoms with Gasteiger partial charge in [-0.3, -0.25) is 0 Å². The fourth-order valence-corrected chi connectivity index (χ4v) is 2.06. The first-order valence-corrected chi connectivity index (χ1v) is 6.54. The molecule has 0 aliphatic rings. The number of nitrogens with two attached hydrogens (primary N) is 1. The number of alkyl halides is 3. The van der Waals surface area contributed by atoms with E-state index in [1.807, 2.05) is 0 Å². The molecule has 2 rings (SSSR count). The Balaban J connectivity index is 2.25. The molecule has 0 radical (unpaired) electrons. The highest BCUT2D eigenvalue weighted by Crippen LogP contribution is 2.31. The van der Waals surface area contributed by atoms with Crippen LogP contribution in [-0.2, 0) is 6.18 Å². The summed E-state index contributed by atoms with van der Waals surface area (Å²) in [6, 6.07) is 7.07. The molecule has 0 bridgehead atoms. The molecule has 0 amide bonds. The molecule has 0 aromatic heterocycles. The predicted octanol–water partition coefficient (Wildman–Crippen LogP) is 4.77. The van der Waals surface area contributed by atoms with Crippen LogP contribution in [0.15, 0.2) is 36.4 Å². The molecule has 20 heavy (non-hydrogen) atoms. The van der Waals surface area contributed by atoms with Crippen molar-refractivity contribution in [3.8, 4) is 0 Å². The first-order valence-electron chi connectivity index (χ1n) is 5.46. The van der Waals surface area contributed by atoms with E-state index in [9.17, 15) is 17.6 Å². The van der Waals surface area contributed by atoms with E-state index in [-0.39, 0.29) is 0 Å². The van der Waals surface area contributed by atoms with Crippen LogP contribution in [0.4, 0.5) is 34.6 Å². The predicted molar refractivity (Wildman–Crippen MR) is 78.3 cm³/mol. The quantitative estimate of drug-likeness (QED) is 0.436. The summed E-state index contributed by atoms with van der Waals surface area (Å²) in [6.45, 7) is 0. The Morgan fingerprint density at radius 1 is 1.05 bits per heavy atom. The third kappa shape index (κ3) is 3.33. The van der Waals surface area contributed by atoms with Gasteiger partial charge in [-0.05, 0) is 52.9 Å². The SMILES string of the molecule is Nc1cc(I)c(F)cc1Nc1ccc(C(F)(F)F)cc1. The largest absolute Gasteiger partial charge is 0.416 e. The van der Waals surface area contributed by atoms with Crippen LogP contribution in [0.2, 0.25) is 0 Å². The Labute approximate surface area is 126 Å². The molecule has 2 aromatic rings. The first-order chi connectivity index (χ1) is 9.27. The standard InChI is InChI=1S/C13H9F4IN2/c14-9-5-12(11(19)6-10(9)18)20-8-3-1-7(2-4-8)13(15,16)17/h1-6,20H,19H2. The van der Waals surface area contributed by atoms with E-state index in [1.54, 1.807) is 22.6 Å². The maximum Gasteiger partial charge on any atom is 0.416 e. The van der Waals surface area contributed by atoms with Crippen molar-refractivity contribution in [3.63, 3.8) is 0 Å². The molecule has 0 saturated carbocycles. The van der Waals surface area contributed by atoms with E-state index in [1.165, 1.54) is 24.3 Å². The Kier molecular flexibility index (Phi) is 4.07. The lowest BCUT2D eigenvalue weighted by atomic mass is 10.2. The van der Waals surface area contributed by atoms with Gasteiger partial charge in [0.15, 0.2) is 0 Å². The van der Waals surface area contributed by atoms with Crippen molar-refractivity contribution in [2.24, 2.45) is 0 Å². The lowest BCUT2D eigenvalue weighted by Crippen LogP contribution is -2.04. The zero-order valence-electron chi connectivity index (χ0n) is 9.93. The van der Waals surface area contributed by atoms with Gasteiger partial charge in [0, 0.05) is 11.8 Å². The normalized spacial score (nSPS) is 11.4. The Bertz CT molecular complexity index is 624. The maximum atomic E-state index is 13.4. The smallest absolute Gasteiger partial charge is 0.397 e. The Morgan fingerprint density at radius 2 is 1.65 bits per heavy atom. The molecular formula is C13H9F4IN2. The van der Waals surface area contributed by atoms with Gasteiger partial charge in [-0.15, -0.1) is 0 Å². The maximum absolute atomic E-state index is 13.4. The monoisotopic (exact) mass is 396 g/mol. The van der Waals surface area contributed by atoms with Crippen LogP contribution in [0.5, 0.6) is 0 Å². The van der Waals surface area contributed by atoms with Crippen LogP contribution >= 0.6 is 22.6 Å². The van der Waals surface area contributed by atoms with Crippen LogP contribution in [-0.4, -0.2) is 0 Å². The number of hydrogen-bond donors (Lipinski definition) is 2. The number of nitrogen functional groups attached to an aromatic ring is 1. The minimum absolute atomic E-state index is 0.308. The van der Waals surface area contributed by atoms with E-state index < -0.39 is 17.6 Å². The molecule has 0 unspecified atom stereocenters. The molecule has 0 spiro atoms. The van der Waals surface area contributed by atoms with Gasteiger partial charge in [0.1, 0.15) is 5.82 Å². The first kappa shape index (κ1) is 14.9. The molecule has 3 N–H and O–H groups in total. The van der Waals surface area contributed by atoms with E-state index in [4.69, 9.17) is 5.73 Å². The van der Waals surface area contributed by atoms with E-state index in [2.05, 4.69) is 5.32 Å². The minimum atomic E-state index is -4.38. The van der Waals surface area contributed by atoms with Crippen LogP contribution in [0.25, 0.3) is 0 Å². The van der Waals surface area contributed by atoms with E-state index in [0.29, 0.717) is 20.6 Å². The van der Waals surface area contributed by atoms with Gasteiger partial charge in [0.25, 0.3) is 0 Å². The fourth-order valence-electron chi connectivity index (χ4n) is 1.57. The Hall–Kier alpha value is -1.51. The summed E-state index contributed by atoms with van der Waals surface area (Å²) >= 11 is 1.80. The molecule has 106 valence electrons. The molecule has 2 nitrogen and oxygen atoms in total. The average molecular weight is 396 g/mol. The van der Waals surface area contributed by atoms with Crippen LogP contribution in [0, 0.1) is 9.39 Å². The van der Waals surface area contributed by atoms with Gasteiger partial charge >= 0.3 is 6.18 Å². The highest BCUT2D eigenvalue weighted by atomic mass is 127. The number of hydrogen-bond acceptors (Lipinski definition) is 2. The van der Waals surface area contributed by atoms with Crippen molar-refractivity contribution in [2.45, 2.75) is 6.18 Å². The summed E-state index contributed by atoms with van der Waals surface area (Å²) in [5.41, 5.74) is 6.00. The third-order valence-corrected chi connectivity index (χ3v) is 3.41. The number of rotatable bonds is 2. The van der Waals surface area contributed by atoms with Gasteiger partial charge in [0.05, 0.1) is 20.5 Å². The second kappa shape index (κ2) is 5.47. The minimum Gasteiger partial charge on any atom is -0.397 e. The second-order valence-electron chi connectivity index (χ2n) is 4.05. The zero-order chi connectivity index (χ0) is 14.9. The number of halogens is 5. The molecule has 0 heterocycles. The van der Waals surface area contributed by atoms with Crippen molar-refractivity contribution in [1.29, 1.82) is 0 Å². The lowest BCUT2D eigenvalue weighted by molar-refractivity contribution is -0.137. The fraction of sp³-hybridized carbons (Fsp3) is 0.0769. The molecule has 0 aliphatic heterocycles. The second-order valence-corrected chi connectivity index (χ2v) is 5.22. The number of nitrogens with one attached hydrogen (secondary N) is 1. The summed E-state index contributed by atoms with van der Waals surface area (Å²) < 4.78 is 51.1. The van der Waals surface area contributed by atoms with E-state index >= 15 is 0 Å². The van der Waals surface area contributed by atoms with E-state index in [0.717, 1.165) is 12.1 Å². The number of anilines is 3. The molecule has 0 fully saturated rings. The van der Waals surface area contributed by atoms with Crippen molar-refractivity contribution >= 4 is 39.7 Å². The Morgan fingerprint density at radius 3 is 2.20 bits per heavy atom. The van der Waals surface area contributed by atoms with Gasteiger partial charge in [-0.2, -0.15) is 13.2 Å². The third-order valence-electron chi connectivity index (χ3n) is 2.58. The van der Waals surface area contributed by atoms with Gasteiger partial charge in [-0.25, -0.2) is 4.39 Å². The molecule has 0 atom stereocenters. The van der Waals surface area contributed by atoms with Gasteiger partial charge in [0.2, 0.25) is 0 Å². The van der Waals surface area contributed by atoms with Crippen LogP contribution in [0.3, 0.4) is 0 Å². The lowest BCUT2D eigenvalue weighted by Gasteiger charge is -2.12. The molecule has 0 saturated heterocycles. The van der Waals surface area contributed by atoms with Crippen molar-refractivity contribution in [2.75, 3.05) is 11.1 Å². The highest BCUT2D eigenvalue weighted by molar-refractivity contribution is 14.1. The zero-order valence-corrected chi connectivity index (χ0v) is 12.1. The van der Waals surface area contributed by atoms with Crippen LogP contribution < -0.4 is 11.1 Å². The topological polar surface area (TPSA) is 38.0 Å². The number of benzene rings is 2. The van der Waals surface area contributed by atoms with Gasteiger partial charge < -0.3 is 11.1 Å². The van der Waals surface area contributed by atoms with Gasteiger partial charge in [-0.1, -0.05) is 0 Å².